The zero-order valence-electron chi connectivity index (χ0n) is 20.4. The first-order chi connectivity index (χ1) is 16.7. The van der Waals surface area contributed by atoms with Gasteiger partial charge in [0.25, 0.3) is 11.8 Å². The summed E-state index contributed by atoms with van der Waals surface area (Å²) < 4.78 is 9.74. The van der Waals surface area contributed by atoms with Crippen molar-refractivity contribution in [2.24, 2.45) is 0 Å². The molecule has 0 saturated heterocycles. The van der Waals surface area contributed by atoms with Crippen molar-refractivity contribution >= 4 is 23.7 Å². The maximum atomic E-state index is 12.7. The second-order valence-corrected chi connectivity index (χ2v) is 8.93. The molecule has 2 N–H and O–H groups in total. The molecule has 0 heterocycles. The Balaban J connectivity index is 1.62. The van der Waals surface area contributed by atoms with Crippen LogP contribution in [0.4, 0.5) is 10.5 Å². The predicted molar refractivity (Wildman–Crippen MR) is 135 cm³/mol. The van der Waals surface area contributed by atoms with Gasteiger partial charge < -0.3 is 20.1 Å². The smallest absolute Gasteiger partial charge is 0.434 e. The Hall–Kier alpha value is -4.13. The lowest BCUT2D eigenvalue weighted by molar-refractivity contribution is 0.0949. The number of rotatable bonds is 7. The van der Waals surface area contributed by atoms with Crippen LogP contribution in [-0.2, 0) is 16.7 Å². The number of benzene rings is 3. The fourth-order valence-corrected chi connectivity index (χ4v) is 3.31. The molecule has 0 unspecified atom stereocenters. The van der Waals surface area contributed by atoms with Crippen LogP contribution in [0.25, 0.3) is 0 Å². The summed E-state index contributed by atoms with van der Waals surface area (Å²) in [4.78, 5) is 36.8. The van der Waals surface area contributed by atoms with Crippen molar-refractivity contribution in [3.05, 3.63) is 95.1 Å². The van der Waals surface area contributed by atoms with Gasteiger partial charge in [0, 0.05) is 23.4 Å². The van der Waals surface area contributed by atoms with E-state index in [9.17, 15) is 14.4 Å². The number of carbonyl (C=O) groups excluding carboxylic acids is 3. The van der Waals surface area contributed by atoms with Crippen molar-refractivity contribution in [3.63, 3.8) is 0 Å². The predicted octanol–water partition coefficient (Wildman–Crippen LogP) is 5.70. The van der Waals surface area contributed by atoms with Crippen molar-refractivity contribution in [2.75, 3.05) is 11.9 Å². The van der Waals surface area contributed by atoms with Gasteiger partial charge in [0.2, 0.25) is 0 Å². The molecule has 2 amide bonds. The van der Waals surface area contributed by atoms with Gasteiger partial charge in [-0.1, -0.05) is 51.1 Å². The fraction of sp³-hybridized carbons (Fsp3) is 0.250. The maximum Gasteiger partial charge on any atom is 0.513 e. The van der Waals surface area contributed by atoms with Crippen LogP contribution >= 0.6 is 0 Å². The zero-order valence-corrected chi connectivity index (χ0v) is 20.4. The van der Waals surface area contributed by atoms with Crippen LogP contribution in [0.5, 0.6) is 5.75 Å². The Kier molecular flexibility index (Phi) is 8.25. The number of hydrogen-bond acceptors (Lipinski definition) is 5. The lowest BCUT2D eigenvalue weighted by atomic mass is 9.87. The van der Waals surface area contributed by atoms with Gasteiger partial charge in [-0.3, -0.25) is 9.59 Å². The number of hydrogen-bond donors (Lipinski definition) is 2. The lowest BCUT2D eigenvalue weighted by Gasteiger charge is -2.19. The summed E-state index contributed by atoms with van der Waals surface area (Å²) in [5.74, 6) is -0.244. The maximum absolute atomic E-state index is 12.7. The number of amides is 2. The topological polar surface area (TPSA) is 93.7 Å². The summed E-state index contributed by atoms with van der Waals surface area (Å²) in [6.45, 7) is 8.52. The lowest BCUT2D eigenvalue weighted by Crippen LogP contribution is -2.24. The molecule has 0 radical (unpaired) electrons. The monoisotopic (exact) mass is 474 g/mol. The molecule has 0 spiro atoms. The highest BCUT2D eigenvalue weighted by Gasteiger charge is 2.15. The van der Waals surface area contributed by atoms with E-state index in [1.165, 1.54) is 12.1 Å². The molecule has 35 heavy (non-hydrogen) atoms. The van der Waals surface area contributed by atoms with E-state index in [1.807, 2.05) is 42.5 Å². The molecule has 0 aliphatic rings. The van der Waals surface area contributed by atoms with E-state index in [2.05, 4.69) is 31.4 Å². The largest absolute Gasteiger partial charge is 0.513 e. The zero-order chi connectivity index (χ0) is 25.4. The molecule has 0 aliphatic carbocycles. The number of ether oxygens (including phenoxy) is 2. The highest BCUT2D eigenvalue weighted by atomic mass is 16.7. The molecule has 3 aromatic carbocycles. The van der Waals surface area contributed by atoms with Crippen molar-refractivity contribution in [1.82, 2.24) is 5.32 Å². The summed E-state index contributed by atoms with van der Waals surface area (Å²) in [6, 6.07) is 21.0. The minimum atomic E-state index is -0.800. The molecule has 0 fully saturated rings. The molecular weight excluding hydrogens is 444 g/mol. The van der Waals surface area contributed by atoms with Crippen LogP contribution < -0.4 is 15.4 Å². The van der Waals surface area contributed by atoms with Crippen molar-refractivity contribution in [1.29, 1.82) is 0 Å². The number of carbonyl (C=O) groups is 3. The second kappa shape index (κ2) is 11.3. The first kappa shape index (κ1) is 25.5. The Morgan fingerprint density at radius 2 is 1.40 bits per heavy atom. The van der Waals surface area contributed by atoms with Gasteiger partial charge in [0.15, 0.2) is 0 Å². The van der Waals surface area contributed by atoms with E-state index in [-0.39, 0.29) is 36.1 Å². The summed E-state index contributed by atoms with van der Waals surface area (Å²) in [5, 5.41) is 5.78. The Morgan fingerprint density at radius 1 is 0.800 bits per heavy atom. The number of anilines is 1. The van der Waals surface area contributed by atoms with E-state index in [0.717, 1.165) is 11.1 Å². The summed E-state index contributed by atoms with van der Waals surface area (Å²) in [7, 11) is 0. The van der Waals surface area contributed by atoms with Crippen molar-refractivity contribution in [3.8, 4) is 5.75 Å². The Morgan fingerprint density at radius 3 is 2.03 bits per heavy atom. The molecule has 0 aromatic heterocycles. The molecule has 0 aliphatic heterocycles. The van der Waals surface area contributed by atoms with Gasteiger partial charge >= 0.3 is 6.16 Å². The third kappa shape index (κ3) is 7.17. The first-order valence-corrected chi connectivity index (χ1v) is 11.4. The summed E-state index contributed by atoms with van der Waals surface area (Å²) in [5.41, 5.74) is 3.49. The number of para-hydroxylation sites is 1. The van der Waals surface area contributed by atoms with Crippen LogP contribution in [0.2, 0.25) is 0 Å². The molecule has 3 rings (SSSR count). The molecule has 0 atom stereocenters. The van der Waals surface area contributed by atoms with Crippen LogP contribution in [0.15, 0.2) is 72.8 Å². The highest BCUT2D eigenvalue weighted by molar-refractivity contribution is 6.04. The molecular formula is C28H30N2O5. The quantitative estimate of drug-likeness (QED) is 0.338. The SMILES string of the molecule is CCOC(=O)Oc1ccc(C(=O)Nc2ccccc2CNC(=O)c2ccc(C(C)(C)C)cc2)cc1. The van der Waals surface area contributed by atoms with E-state index >= 15 is 0 Å². The van der Waals surface area contributed by atoms with Crippen molar-refractivity contribution in [2.45, 2.75) is 39.7 Å². The van der Waals surface area contributed by atoms with Gasteiger partial charge in [-0.15, -0.1) is 0 Å². The molecule has 7 nitrogen and oxygen atoms in total. The molecule has 3 aromatic rings. The van der Waals surface area contributed by atoms with E-state index in [4.69, 9.17) is 9.47 Å². The summed E-state index contributed by atoms with van der Waals surface area (Å²) >= 11 is 0. The second-order valence-electron chi connectivity index (χ2n) is 8.93. The number of nitrogens with one attached hydrogen (secondary N) is 2. The first-order valence-electron chi connectivity index (χ1n) is 11.4. The summed E-state index contributed by atoms with van der Waals surface area (Å²) in [6.07, 6.45) is -0.800. The average molecular weight is 475 g/mol. The molecule has 0 saturated carbocycles. The van der Waals surface area contributed by atoms with Crippen LogP contribution in [0, 0.1) is 0 Å². The highest BCUT2D eigenvalue weighted by Crippen LogP contribution is 2.22. The molecule has 7 heteroatoms. The third-order valence-electron chi connectivity index (χ3n) is 5.30. The average Bonchev–Trinajstić information content (AvgIpc) is 2.83. The Bertz CT molecular complexity index is 1180. The molecule has 0 bridgehead atoms. The van der Waals surface area contributed by atoms with Gasteiger partial charge in [0.05, 0.1) is 6.61 Å². The van der Waals surface area contributed by atoms with E-state index in [0.29, 0.717) is 16.8 Å². The van der Waals surface area contributed by atoms with Gasteiger partial charge in [-0.2, -0.15) is 0 Å². The normalized spacial score (nSPS) is 10.9. The van der Waals surface area contributed by atoms with Gasteiger partial charge in [0.1, 0.15) is 5.75 Å². The van der Waals surface area contributed by atoms with Gasteiger partial charge in [-0.05, 0) is 65.9 Å². The minimum Gasteiger partial charge on any atom is -0.434 e. The standard InChI is InChI=1S/C28H30N2O5/c1-5-34-27(33)35-23-16-12-20(13-17-23)26(32)30-24-9-7-6-8-21(24)18-29-25(31)19-10-14-22(15-11-19)28(2,3)4/h6-17H,5,18H2,1-4H3,(H,29,31)(H,30,32). The Labute approximate surface area is 205 Å². The molecule has 182 valence electrons. The minimum absolute atomic E-state index is 0.0143. The van der Waals surface area contributed by atoms with E-state index in [1.54, 1.807) is 25.1 Å². The van der Waals surface area contributed by atoms with Crippen molar-refractivity contribution < 1.29 is 23.9 Å². The van der Waals surface area contributed by atoms with Gasteiger partial charge in [-0.25, -0.2) is 4.79 Å². The van der Waals surface area contributed by atoms with Crippen LogP contribution in [0.1, 0.15) is 59.5 Å². The third-order valence-corrected chi connectivity index (χ3v) is 5.30. The van der Waals surface area contributed by atoms with Crippen LogP contribution in [-0.4, -0.2) is 24.6 Å². The fourth-order valence-electron chi connectivity index (χ4n) is 3.31. The van der Waals surface area contributed by atoms with Crippen LogP contribution in [0.3, 0.4) is 0 Å². The van der Waals surface area contributed by atoms with E-state index < -0.39 is 6.16 Å².